The summed E-state index contributed by atoms with van der Waals surface area (Å²) < 4.78 is 0. The summed E-state index contributed by atoms with van der Waals surface area (Å²) in [4.78, 5) is 0. The molecule has 0 spiro atoms. The monoisotopic (exact) mass is 176 g/mol. The molecule has 0 heterocycles. The third-order valence-corrected chi connectivity index (χ3v) is 1.97. The Balaban J connectivity index is 2.85. The summed E-state index contributed by atoms with van der Waals surface area (Å²) in [6.07, 6.45) is 1.87. The Morgan fingerprint density at radius 2 is 1.85 bits per heavy atom. The third kappa shape index (κ3) is 2.90. The molecule has 0 aliphatic heterocycles. The van der Waals surface area contributed by atoms with Crippen molar-refractivity contribution in [3.05, 3.63) is 34.9 Å². The number of rotatable bonds is 2. The molecule has 0 bridgehead atoms. The lowest BCUT2D eigenvalue weighted by atomic mass is 10.1. The molecule has 0 atom stereocenters. The molecule has 0 fully saturated rings. The van der Waals surface area contributed by atoms with Crippen LogP contribution in [0.5, 0.6) is 0 Å². The van der Waals surface area contributed by atoms with Crippen molar-refractivity contribution >= 4 is 6.21 Å². The van der Waals surface area contributed by atoms with Crippen LogP contribution in [0.3, 0.4) is 0 Å². The van der Waals surface area contributed by atoms with Crippen LogP contribution < -0.4 is 0 Å². The summed E-state index contributed by atoms with van der Waals surface area (Å²) >= 11 is 0. The van der Waals surface area contributed by atoms with E-state index in [1.165, 1.54) is 11.1 Å². The molecule has 0 N–H and O–H groups in total. The molecule has 2 nitrogen and oxygen atoms in total. The van der Waals surface area contributed by atoms with E-state index in [2.05, 4.69) is 37.1 Å². The Kier molecular flexibility index (Phi) is 3.07. The van der Waals surface area contributed by atoms with Crippen molar-refractivity contribution in [2.75, 3.05) is 14.1 Å². The van der Waals surface area contributed by atoms with Gasteiger partial charge in [0.1, 0.15) is 0 Å². The van der Waals surface area contributed by atoms with Crippen molar-refractivity contribution in [2.24, 2.45) is 5.10 Å². The summed E-state index contributed by atoms with van der Waals surface area (Å²) in [7, 11) is 3.83. The molecule has 1 aromatic carbocycles. The van der Waals surface area contributed by atoms with E-state index in [1.54, 1.807) is 5.01 Å². The number of hydrogen-bond donors (Lipinski definition) is 0. The molecule has 0 aliphatic rings. The molecule has 0 saturated heterocycles. The molecule has 2 heteroatoms. The van der Waals surface area contributed by atoms with Crippen LogP contribution in [-0.2, 0) is 0 Å². The molecule has 0 aliphatic carbocycles. The first kappa shape index (κ1) is 9.78. The van der Waals surface area contributed by atoms with Crippen molar-refractivity contribution in [2.45, 2.75) is 13.8 Å². The van der Waals surface area contributed by atoms with Gasteiger partial charge in [-0.2, -0.15) is 5.10 Å². The van der Waals surface area contributed by atoms with Crippen molar-refractivity contribution in [1.82, 2.24) is 5.01 Å². The van der Waals surface area contributed by atoms with E-state index in [9.17, 15) is 0 Å². The highest BCUT2D eigenvalue weighted by Gasteiger charge is 1.92. The Labute approximate surface area is 79.9 Å². The van der Waals surface area contributed by atoms with Crippen LogP contribution >= 0.6 is 0 Å². The van der Waals surface area contributed by atoms with Crippen LogP contribution in [0.4, 0.5) is 0 Å². The van der Waals surface area contributed by atoms with E-state index in [-0.39, 0.29) is 0 Å². The highest BCUT2D eigenvalue weighted by molar-refractivity contribution is 5.79. The lowest BCUT2D eigenvalue weighted by Gasteiger charge is -2.03. The van der Waals surface area contributed by atoms with Gasteiger partial charge in [-0.1, -0.05) is 18.2 Å². The van der Waals surface area contributed by atoms with Crippen LogP contribution in [0.2, 0.25) is 0 Å². The second-order valence-corrected chi connectivity index (χ2v) is 3.44. The minimum atomic E-state index is 1.15. The number of hydrogen-bond acceptors (Lipinski definition) is 2. The second kappa shape index (κ2) is 4.08. The van der Waals surface area contributed by atoms with Gasteiger partial charge >= 0.3 is 0 Å². The molecular formula is C11H16N2. The predicted molar refractivity (Wildman–Crippen MR) is 57.2 cm³/mol. The van der Waals surface area contributed by atoms with Gasteiger partial charge < -0.3 is 5.01 Å². The standard InChI is InChI=1S/C11H16N2/c1-9-5-6-11(7-10(9)2)8-12-13(3)4/h5-8H,1-4H3/b12-8+. The van der Waals surface area contributed by atoms with Gasteiger partial charge in [-0.15, -0.1) is 0 Å². The minimum absolute atomic E-state index is 1.15. The van der Waals surface area contributed by atoms with Crippen molar-refractivity contribution in [3.8, 4) is 0 Å². The maximum Gasteiger partial charge on any atom is 0.0542 e. The lowest BCUT2D eigenvalue weighted by Crippen LogP contribution is -2.02. The molecular weight excluding hydrogens is 160 g/mol. The fraction of sp³-hybridized carbons (Fsp3) is 0.364. The molecule has 1 rings (SSSR count). The number of benzene rings is 1. The third-order valence-electron chi connectivity index (χ3n) is 1.97. The molecule has 0 unspecified atom stereocenters. The van der Waals surface area contributed by atoms with Gasteiger partial charge in [0.05, 0.1) is 6.21 Å². The first-order valence-corrected chi connectivity index (χ1v) is 4.38. The zero-order valence-electron chi connectivity index (χ0n) is 8.70. The smallest absolute Gasteiger partial charge is 0.0542 e. The number of aryl methyl sites for hydroxylation is 2. The van der Waals surface area contributed by atoms with Crippen LogP contribution in [-0.4, -0.2) is 25.3 Å². The van der Waals surface area contributed by atoms with E-state index >= 15 is 0 Å². The minimum Gasteiger partial charge on any atom is -0.303 e. The summed E-state index contributed by atoms with van der Waals surface area (Å²) in [5.74, 6) is 0. The van der Waals surface area contributed by atoms with Crippen LogP contribution in [0.1, 0.15) is 16.7 Å². The van der Waals surface area contributed by atoms with Gasteiger partial charge in [0, 0.05) is 14.1 Å². The van der Waals surface area contributed by atoms with Gasteiger partial charge in [-0.3, -0.25) is 0 Å². The Bertz CT molecular complexity index is 314. The van der Waals surface area contributed by atoms with E-state index < -0.39 is 0 Å². The summed E-state index contributed by atoms with van der Waals surface area (Å²) in [6, 6.07) is 6.34. The predicted octanol–water partition coefficient (Wildman–Crippen LogP) is 2.20. The largest absolute Gasteiger partial charge is 0.303 e. The van der Waals surface area contributed by atoms with E-state index in [4.69, 9.17) is 0 Å². The van der Waals surface area contributed by atoms with Crippen LogP contribution in [0.15, 0.2) is 23.3 Å². The second-order valence-electron chi connectivity index (χ2n) is 3.44. The zero-order chi connectivity index (χ0) is 9.84. The van der Waals surface area contributed by atoms with Gasteiger partial charge in [-0.25, -0.2) is 0 Å². The molecule has 13 heavy (non-hydrogen) atoms. The molecule has 70 valence electrons. The van der Waals surface area contributed by atoms with Crippen molar-refractivity contribution in [3.63, 3.8) is 0 Å². The highest BCUT2D eigenvalue weighted by atomic mass is 15.4. The highest BCUT2D eigenvalue weighted by Crippen LogP contribution is 2.07. The fourth-order valence-electron chi connectivity index (χ4n) is 1.03. The first-order chi connectivity index (χ1) is 6.09. The van der Waals surface area contributed by atoms with Crippen LogP contribution in [0, 0.1) is 13.8 Å². The summed E-state index contributed by atoms with van der Waals surface area (Å²) in [5.41, 5.74) is 3.78. The SMILES string of the molecule is Cc1ccc(/C=N/N(C)C)cc1C. The first-order valence-electron chi connectivity index (χ1n) is 4.38. The Morgan fingerprint density at radius 1 is 1.15 bits per heavy atom. The van der Waals surface area contributed by atoms with Gasteiger partial charge in [0.2, 0.25) is 0 Å². The number of hydrazone groups is 1. The topological polar surface area (TPSA) is 15.6 Å². The van der Waals surface area contributed by atoms with Crippen LogP contribution in [0.25, 0.3) is 0 Å². The van der Waals surface area contributed by atoms with E-state index in [1.807, 2.05) is 20.3 Å². The maximum absolute atomic E-state index is 4.17. The summed E-state index contributed by atoms with van der Waals surface area (Å²) in [5, 5.41) is 5.96. The molecule has 0 aromatic heterocycles. The average Bonchev–Trinajstić information content (AvgIpc) is 2.07. The normalized spacial score (nSPS) is 10.8. The van der Waals surface area contributed by atoms with E-state index in [0.29, 0.717) is 0 Å². The van der Waals surface area contributed by atoms with E-state index in [0.717, 1.165) is 5.56 Å². The van der Waals surface area contributed by atoms with Gasteiger partial charge in [0.25, 0.3) is 0 Å². The Hall–Kier alpha value is -1.31. The quantitative estimate of drug-likeness (QED) is 0.498. The lowest BCUT2D eigenvalue weighted by molar-refractivity contribution is 0.440. The number of nitrogens with zero attached hydrogens (tertiary/aromatic N) is 2. The fourth-order valence-corrected chi connectivity index (χ4v) is 1.03. The van der Waals surface area contributed by atoms with Crippen molar-refractivity contribution < 1.29 is 0 Å². The van der Waals surface area contributed by atoms with Crippen molar-refractivity contribution in [1.29, 1.82) is 0 Å². The summed E-state index contributed by atoms with van der Waals surface area (Å²) in [6.45, 7) is 4.23. The molecule has 0 radical (unpaired) electrons. The molecule has 0 saturated carbocycles. The van der Waals surface area contributed by atoms with Gasteiger partial charge in [0.15, 0.2) is 0 Å². The zero-order valence-corrected chi connectivity index (χ0v) is 8.70. The van der Waals surface area contributed by atoms with Gasteiger partial charge in [-0.05, 0) is 30.5 Å². The Morgan fingerprint density at radius 3 is 2.38 bits per heavy atom. The molecule has 0 amide bonds. The maximum atomic E-state index is 4.17. The average molecular weight is 176 g/mol. The molecule has 1 aromatic rings.